The number of hydrogen-bond acceptors (Lipinski definition) is 0. The molecule has 0 nitrogen and oxygen atoms in total. The summed E-state index contributed by atoms with van der Waals surface area (Å²) < 4.78 is 0. The summed E-state index contributed by atoms with van der Waals surface area (Å²) in [6, 6.07) is 20.6. The van der Waals surface area contributed by atoms with Crippen molar-refractivity contribution in [2.45, 2.75) is 6.92 Å². The summed E-state index contributed by atoms with van der Waals surface area (Å²) in [5.74, 6) is 0. The van der Waals surface area contributed by atoms with Crippen LogP contribution in [0, 0.1) is 0 Å². The Morgan fingerprint density at radius 2 is 1.29 bits per heavy atom. The van der Waals surface area contributed by atoms with Crippen LogP contribution >= 0.6 is 0 Å². The Bertz CT molecular complexity index is 518. The highest BCUT2D eigenvalue weighted by molar-refractivity contribution is 5.81. The summed E-state index contributed by atoms with van der Waals surface area (Å²) in [5, 5.41) is 0. The fraction of sp³-hybridized carbons (Fsp3) is 0.0588. The first-order valence-electron chi connectivity index (χ1n) is 5.75. The number of hydrogen-bond donors (Lipinski definition) is 0. The van der Waals surface area contributed by atoms with Gasteiger partial charge in [0.1, 0.15) is 0 Å². The zero-order chi connectivity index (χ0) is 12.1. The van der Waals surface area contributed by atoms with Crippen LogP contribution in [0.1, 0.15) is 18.1 Å². The summed E-state index contributed by atoms with van der Waals surface area (Å²) in [5.41, 5.74) is 4.69. The van der Waals surface area contributed by atoms with Crippen molar-refractivity contribution >= 4 is 11.1 Å². The average molecular weight is 220 g/mol. The Balaban J connectivity index is 2.24. The van der Waals surface area contributed by atoms with Crippen LogP contribution in [-0.2, 0) is 0 Å². The van der Waals surface area contributed by atoms with Crippen LogP contribution in [-0.4, -0.2) is 0 Å². The van der Waals surface area contributed by atoms with Gasteiger partial charge in [-0.2, -0.15) is 0 Å². The van der Waals surface area contributed by atoms with Crippen LogP contribution in [0.15, 0.2) is 73.3 Å². The summed E-state index contributed by atoms with van der Waals surface area (Å²) in [6.45, 7) is 6.23. The zero-order valence-corrected chi connectivity index (χ0v) is 10.1. The van der Waals surface area contributed by atoms with E-state index in [1.54, 1.807) is 0 Å². The average Bonchev–Trinajstić information content (AvgIpc) is 2.40. The van der Waals surface area contributed by atoms with Crippen molar-refractivity contribution in [3.05, 3.63) is 84.4 Å². The molecule has 0 unspecified atom stereocenters. The van der Waals surface area contributed by atoms with E-state index < -0.39 is 0 Å². The largest absolute Gasteiger partial charge is 0.0911 e. The van der Waals surface area contributed by atoms with Crippen LogP contribution in [0.25, 0.3) is 11.1 Å². The molecule has 0 fully saturated rings. The molecule has 2 rings (SSSR count). The van der Waals surface area contributed by atoms with Crippen LogP contribution in [0.4, 0.5) is 0 Å². The smallest absolute Gasteiger partial charge is 0.0190 e. The fourth-order valence-corrected chi connectivity index (χ4v) is 1.78. The minimum atomic E-state index is 1.05. The van der Waals surface area contributed by atoms with Crippen molar-refractivity contribution in [1.29, 1.82) is 0 Å². The van der Waals surface area contributed by atoms with Gasteiger partial charge in [-0.05, 0) is 29.2 Å². The van der Waals surface area contributed by atoms with E-state index in [9.17, 15) is 0 Å². The molecule has 0 saturated carbocycles. The van der Waals surface area contributed by atoms with E-state index in [2.05, 4.69) is 56.0 Å². The maximum absolute atomic E-state index is 4.11. The molecule has 0 atom stereocenters. The third-order valence-corrected chi connectivity index (χ3v) is 2.76. The fourth-order valence-electron chi connectivity index (χ4n) is 1.78. The third kappa shape index (κ3) is 2.94. The monoisotopic (exact) mass is 220 g/mol. The Morgan fingerprint density at radius 1 is 0.824 bits per heavy atom. The predicted molar refractivity (Wildman–Crippen MR) is 75.6 cm³/mol. The van der Waals surface area contributed by atoms with Gasteiger partial charge in [0.25, 0.3) is 0 Å². The van der Waals surface area contributed by atoms with E-state index in [0.717, 1.165) is 5.57 Å². The van der Waals surface area contributed by atoms with Gasteiger partial charge in [0.05, 0.1) is 0 Å². The Labute approximate surface area is 103 Å². The Morgan fingerprint density at radius 3 is 1.82 bits per heavy atom. The van der Waals surface area contributed by atoms with E-state index in [0.29, 0.717) is 0 Å². The highest BCUT2D eigenvalue weighted by Gasteiger charge is 1.97. The first kappa shape index (κ1) is 11.4. The molecule has 0 spiro atoms. The molecule has 0 amide bonds. The van der Waals surface area contributed by atoms with Crippen molar-refractivity contribution in [2.75, 3.05) is 0 Å². The van der Waals surface area contributed by atoms with Crippen LogP contribution < -0.4 is 0 Å². The van der Waals surface area contributed by atoms with Crippen molar-refractivity contribution in [3.63, 3.8) is 0 Å². The van der Waals surface area contributed by atoms with E-state index in [4.69, 9.17) is 0 Å². The van der Waals surface area contributed by atoms with Gasteiger partial charge in [-0.3, -0.25) is 0 Å². The molecule has 0 radical (unpaired) electrons. The van der Waals surface area contributed by atoms with Gasteiger partial charge >= 0.3 is 0 Å². The van der Waals surface area contributed by atoms with Crippen molar-refractivity contribution in [1.82, 2.24) is 0 Å². The molecular weight excluding hydrogens is 204 g/mol. The number of benzene rings is 2. The van der Waals surface area contributed by atoms with Gasteiger partial charge in [-0.25, -0.2) is 0 Å². The predicted octanol–water partition coefficient (Wildman–Crippen LogP) is 4.80. The second-order valence-electron chi connectivity index (χ2n) is 4.08. The molecule has 0 heterocycles. The van der Waals surface area contributed by atoms with Gasteiger partial charge in [0.2, 0.25) is 0 Å². The molecule has 0 aliphatic rings. The Hall–Kier alpha value is -2.08. The normalized spacial score (nSPS) is 11.2. The van der Waals surface area contributed by atoms with Crippen molar-refractivity contribution < 1.29 is 0 Å². The maximum atomic E-state index is 4.11. The lowest BCUT2D eigenvalue weighted by atomic mass is 10.0. The third-order valence-electron chi connectivity index (χ3n) is 2.76. The van der Waals surface area contributed by atoms with Crippen LogP contribution in [0.2, 0.25) is 0 Å². The quantitative estimate of drug-likeness (QED) is 0.651. The second kappa shape index (κ2) is 5.31. The number of rotatable bonds is 3. The molecule has 17 heavy (non-hydrogen) atoms. The topological polar surface area (TPSA) is 0 Å². The minimum absolute atomic E-state index is 1.05. The van der Waals surface area contributed by atoms with Gasteiger partial charge in [-0.15, -0.1) is 0 Å². The lowest BCUT2D eigenvalue weighted by molar-refractivity contribution is 1.56. The van der Waals surface area contributed by atoms with Gasteiger partial charge in [0.15, 0.2) is 0 Å². The molecule has 0 bridgehead atoms. The van der Waals surface area contributed by atoms with Gasteiger partial charge in [-0.1, -0.05) is 73.3 Å². The molecular formula is C17H16. The molecule has 0 aromatic heterocycles. The molecule has 0 aliphatic heterocycles. The van der Waals surface area contributed by atoms with Crippen molar-refractivity contribution in [3.8, 4) is 0 Å². The molecule has 2 aromatic carbocycles. The standard InChI is InChI=1S/C17H16/c1-14(16-9-5-3-6-10-16)13-15(2)17-11-7-4-8-12-17/h3-13H,1H2,2H3/b15-13-. The summed E-state index contributed by atoms with van der Waals surface area (Å²) in [6.07, 6.45) is 2.13. The van der Waals surface area contributed by atoms with Crippen LogP contribution in [0.3, 0.4) is 0 Å². The van der Waals surface area contributed by atoms with E-state index in [1.807, 2.05) is 24.3 Å². The second-order valence-corrected chi connectivity index (χ2v) is 4.08. The minimum Gasteiger partial charge on any atom is -0.0911 e. The number of allylic oxidation sites excluding steroid dienone is 3. The van der Waals surface area contributed by atoms with E-state index in [1.165, 1.54) is 16.7 Å². The highest BCUT2D eigenvalue weighted by atomic mass is 14.0. The highest BCUT2D eigenvalue weighted by Crippen LogP contribution is 2.20. The van der Waals surface area contributed by atoms with E-state index in [-0.39, 0.29) is 0 Å². The molecule has 0 N–H and O–H groups in total. The summed E-state index contributed by atoms with van der Waals surface area (Å²) in [7, 11) is 0. The molecule has 2 aromatic rings. The first-order chi connectivity index (χ1) is 8.27. The van der Waals surface area contributed by atoms with Gasteiger partial charge < -0.3 is 0 Å². The maximum Gasteiger partial charge on any atom is -0.0190 e. The zero-order valence-electron chi connectivity index (χ0n) is 10.1. The Kier molecular flexibility index (Phi) is 3.56. The van der Waals surface area contributed by atoms with Crippen molar-refractivity contribution in [2.24, 2.45) is 0 Å². The molecule has 0 saturated heterocycles. The molecule has 0 aliphatic carbocycles. The summed E-state index contributed by atoms with van der Waals surface area (Å²) in [4.78, 5) is 0. The van der Waals surface area contributed by atoms with Crippen LogP contribution in [0.5, 0.6) is 0 Å². The van der Waals surface area contributed by atoms with Gasteiger partial charge in [0, 0.05) is 0 Å². The lowest BCUT2D eigenvalue weighted by Gasteiger charge is -2.04. The lowest BCUT2D eigenvalue weighted by Crippen LogP contribution is -1.82. The SMILES string of the molecule is C=C(/C=C(/C)c1ccccc1)c1ccccc1. The first-order valence-corrected chi connectivity index (χ1v) is 5.75. The molecule has 0 heteroatoms. The molecule has 84 valence electrons. The summed E-state index contributed by atoms with van der Waals surface area (Å²) >= 11 is 0. The van der Waals surface area contributed by atoms with E-state index >= 15 is 0 Å².